The van der Waals surface area contributed by atoms with Gasteiger partial charge in [0.15, 0.2) is 6.10 Å². The Bertz CT molecular complexity index is 502. The Morgan fingerprint density at radius 2 is 2.06 bits per heavy atom. The number of carbonyl (C=O) groups excluding carboxylic acids is 1. The van der Waals surface area contributed by atoms with Gasteiger partial charge in [-0.2, -0.15) is 0 Å². The predicted octanol–water partition coefficient (Wildman–Crippen LogP) is 2.28. The van der Waals surface area contributed by atoms with Gasteiger partial charge in [0.25, 0.3) is 0 Å². The van der Waals surface area contributed by atoms with Crippen molar-refractivity contribution in [1.29, 1.82) is 0 Å². The molecule has 1 unspecified atom stereocenters. The van der Waals surface area contributed by atoms with Gasteiger partial charge in [0, 0.05) is 11.9 Å². The number of carbonyl (C=O) groups is 1. The normalized spacial score (nSPS) is 12.1. The van der Waals surface area contributed by atoms with E-state index in [-0.39, 0.29) is 6.61 Å². The molecule has 1 atom stereocenters. The van der Waals surface area contributed by atoms with Gasteiger partial charge in [-0.15, -0.1) is 0 Å². The van der Waals surface area contributed by atoms with Gasteiger partial charge in [0.1, 0.15) is 0 Å². The molecule has 2 rings (SSSR count). The second kappa shape index (κ2) is 5.51. The fourth-order valence-electron chi connectivity index (χ4n) is 1.71. The van der Waals surface area contributed by atoms with E-state index in [2.05, 4.69) is 4.98 Å². The number of hydrogen-bond donors (Lipinski definition) is 2. The van der Waals surface area contributed by atoms with Gasteiger partial charge in [-0.25, -0.2) is 4.79 Å². The number of rotatable bonds is 4. The van der Waals surface area contributed by atoms with E-state index in [0.29, 0.717) is 5.56 Å². The molecule has 4 heteroatoms. The first-order chi connectivity index (χ1) is 8.72. The molecule has 0 spiro atoms. The Balaban J connectivity index is 2.15. The van der Waals surface area contributed by atoms with Crippen molar-refractivity contribution in [3.63, 3.8) is 0 Å². The van der Waals surface area contributed by atoms with Gasteiger partial charge >= 0.3 is 5.97 Å². The molecule has 0 saturated carbocycles. The minimum Gasteiger partial charge on any atom is -0.464 e. The molecule has 2 aromatic rings. The molecule has 1 aromatic carbocycles. The Hall–Kier alpha value is -2.07. The number of ether oxygens (including phenoxy) is 1. The lowest BCUT2D eigenvalue weighted by atomic mass is 10.1. The fourth-order valence-corrected chi connectivity index (χ4v) is 1.71. The van der Waals surface area contributed by atoms with Crippen LogP contribution in [0.3, 0.4) is 0 Å². The highest BCUT2D eigenvalue weighted by Crippen LogP contribution is 2.21. The van der Waals surface area contributed by atoms with Crippen molar-refractivity contribution >= 4 is 5.97 Å². The van der Waals surface area contributed by atoms with Crippen LogP contribution in [0.25, 0.3) is 11.3 Å². The number of aliphatic hydroxyl groups excluding tert-OH is 1. The molecule has 1 aromatic heterocycles. The van der Waals surface area contributed by atoms with Crippen LogP contribution in [0, 0.1) is 0 Å². The van der Waals surface area contributed by atoms with E-state index in [1.807, 2.05) is 30.5 Å². The van der Waals surface area contributed by atoms with Crippen molar-refractivity contribution in [1.82, 2.24) is 4.98 Å². The third-order valence-corrected chi connectivity index (χ3v) is 2.65. The number of hydrogen-bond acceptors (Lipinski definition) is 3. The van der Waals surface area contributed by atoms with Gasteiger partial charge < -0.3 is 14.8 Å². The molecule has 0 fully saturated rings. The highest BCUT2D eigenvalue weighted by Gasteiger charge is 2.18. The van der Waals surface area contributed by atoms with Crippen LogP contribution >= 0.6 is 0 Å². The Labute approximate surface area is 105 Å². The van der Waals surface area contributed by atoms with Crippen molar-refractivity contribution in [2.45, 2.75) is 13.0 Å². The zero-order valence-electron chi connectivity index (χ0n) is 10.1. The molecule has 0 radical (unpaired) electrons. The Morgan fingerprint density at radius 3 is 2.61 bits per heavy atom. The second-order valence-electron chi connectivity index (χ2n) is 3.86. The number of aliphatic hydroxyl groups is 1. The van der Waals surface area contributed by atoms with Crippen LogP contribution in [0.2, 0.25) is 0 Å². The number of aromatic nitrogens is 1. The summed E-state index contributed by atoms with van der Waals surface area (Å²) < 4.78 is 4.77. The molecular formula is C14H15NO3. The number of benzene rings is 1. The predicted molar refractivity (Wildman–Crippen MR) is 67.8 cm³/mol. The van der Waals surface area contributed by atoms with Crippen LogP contribution in [-0.4, -0.2) is 22.7 Å². The van der Waals surface area contributed by atoms with E-state index in [9.17, 15) is 9.90 Å². The molecule has 4 nitrogen and oxygen atoms in total. The van der Waals surface area contributed by atoms with Crippen LogP contribution in [0.5, 0.6) is 0 Å². The molecule has 0 aliphatic heterocycles. The fraction of sp³-hybridized carbons (Fsp3) is 0.214. The molecule has 0 aliphatic carbocycles. The van der Waals surface area contributed by atoms with Crippen molar-refractivity contribution in [2.75, 3.05) is 6.61 Å². The van der Waals surface area contributed by atoms with E-state index in [1.165, 1.54) is 0 Å². The Morgan fingerprint density at radius 1 is 1.33 bits per heavy atom. The number of nitrogens with one attached hydrogen (secondary N) is 1. The maximum atomic E-state index is 11.4. The van der Waals surface area contributed by atoms with Crippen LogP contribution in [-0.2, 0) is 9.53 Å². The van der Waals surface area contributed by atoms with Crippen molar-refractivity contribution in [2.24, 2.45) is 0 Å². The van der Waals surface area contributed by atoms with Crippen LogP contribution < -0.4 is 0 Å². The van der Waals surface area contributed by atoms with Crippen molar-refractivity contribution < 1.29 is 14.6 Å². The molecule has 0 saturated heterocycles. The minimum absolute atomic E-state index is 0.260. The molecule has 94 valence electrons. The smallest absolute Gasteiger partial charge is 0.339 e. The average Bonchev–Trinajstić information content (AvgIpc) is 2.92. The number of H-pyrrole nitrogens is 1. The second-order valence-corrected chi connectivity index (χ2v) is 3.86. The van der Waals surface area contributed by atoms with Gasteiger partial charge in [-0.05, 0) is 30.2 Å². The lowest BCUT2D eigenvalue weighted by Gasteiger charge is -2.10. The summed E-state index contributed by atoms with van der Waals surface area (Å²) >= 11 is 0. The maximum Gasteiger partial charge on any atom is 0.339 e. The van der Waals surface area contributed by atoms with Crippen LogP contribution in [0.4, 0.5) is 0 Å². The van der Waals surface area contributed by atoms with E-state index < -0.39 is 12.1 Å². The molecule has 18 heavy (non-hydrogen) atoms. The van der Waals surface area contributed by atoms with Crippen LogP contribution in [0.1, 0.15) is 18.6 Å². The quantitative estimate of drug-likeness (QED) is 0.812. The first kappa shape index (κ1) is 12.4. The van der Waals surface area contributed by atoms with Gasteiger partial charge in [0.2, 0.25) is 0 Å². The Kier molecular flexibility index (Phi) is 3.79. The molecule has 0 bridgehead atoms. The minimum atomic E-state index is -1.22. The zero-order valence-corrected chi connectivity index (χ0v) is 10.1. The van der Waals surface area contributed by atoms with E-state index in [0.717, 1.165) is 11.3 Å². The van der Waals surface area contributed by atoms with E-state index in [4.69, 9.17) is 4.74 Å². The van der Waals surface area contributed by atoms with Gasteiger partial charge in [-0.3, -0.25) is 0 Å². The third-order valence-electron chi connectivity index (χ3n) is 2.65. The summed E-state index contributed by atoms with van der Waals surface area (Å²) in [5.41, 5.74) is 2.52. The monoisotopic (exact) mass is 245 g/mol. The highest BCUT2D eigenvalue weighted by atomic mass is 16.5. The molecular weight excluding hydrogens is 230 g/mol. The highest BCUT2D eigenvalue weighted by molar-refractivity contribution is 5.76. The van der Waals surface area contributed by atoms with Gasteiger partial charge in [-0.1, -0.05) is 24.3 Å². The molecule has 1 heterocycles. The van der Waals surface area contributed by atoms with Crippen molar-refractivity contribution in [3.8, 4) is 11.3 Å². The lowest BCUT2D eigenvalue weighted by Crippen LogP contribution is -2.15. The lowest BCUT2D eigenvalue weighted by molar-refractivity contribution is -0.153. The van der Waals surface area contributed by atoms with Crippen LogP contribution in [0.15, 0.2) is 42.6 Å². The molecule has 2 N–H and O–H groups in total. The first-order valence-corrected chi connectivity index (χ1v) is 5.80. The molecule has 0 aliphatic rings. The zero-order chi connectivity index (χ0) is 13.0. The van der Waals surface area contributed by atoms with Gasteiger partial charge in [0.05, 0.1) is 6.61 Å². The average molecular weight is 245 g/mol. The summed E-state index contributed by atoms with van der Waals surface area (Å²) in [5.74, 6) is -0.620. The topological polar surface area (TPSA) is 62.3 Å². The van der Waals surface area contributed by atoms with E-state index >= 15 is 0 Å². The summed E-state index contributed by atoms with van der Waals surface area (Å²) in [6.45, 7) is 1.97. The summed E-state index contributed by atoms with van der Waals surface area (Å²) in [6.07, 6.45) is 0.624. The first-order valence-electron chi connectivity index (χ1n) is 5.80. The standard InChI is InChI=1S/C14H15NO3/c1-2-18-14(17)13(16)11-7-5-10(6-8-11)12-4-3-9-15-12/h3-9,13,15-16H,2H2,1H3. The van der Waals surface area contributed by atoms with E-state index in [1.54, 1.807) is 19.1 Å². The largest absolute Gasteiger partial charge is 0.464 e. The SMILES string of the molecule is CCOC(=O)C(O)c1ccc(-c2ccc[nH]2)cc1. The molecule has 0 amide bonds. The summed E-state index contributed by atoms with van der Waals surface area (Å²) in [7, 11) is 0. The summed E-state index contributed by atoms with van der Waals surface area (Å²) in [4.78, 5) is 14.5. The number of esters is 1. The summed E-state index contributed by atoms with van der Waals surface area (Å²) in [5, 5.41) is 9.76. The van der Waals surface area contributed by atoms with Crippen molar-refractivity contribution in [3.05, 3.63) is 48.2 Å². The third kappa shape index (κ3) is 2.60. The maximum absolute atomic E-state index is 11.4. The number of aromatic amines is 1. The summed E-state index contributed by atoms with van der Waals surface area (Å²) in [6, 6.07) is 11.0.